The first-order chi connectivity index (χ1) is 8.15. The first-order valence-corrected chi connectivity index (χ1v) is 6.82. The van der Waals surface area contributed by atoms with Gasteiger partial charge < -0.3 is 11.1 Å². The summed E-state index contributed by atoms with van der Waals surface area (Å²) in [4.78, 5) is 11.7. The Labute approximate surface area is 107 Å². The number of carbonyl (C=O) groups excluding carboxylic acids is 1. The van der Waals surface area contributed by atoms with Crippen molar-refractivity contribution in [1.29, 1.82) is 0 Å². The summed E-state index contributed by atoms with van der Waals surface area (Å²) < 4.78 is 0. The minimum Gasteiger partial charge on any atom is -0.374 e. The number of aromatic nitrogens is 2. The number of nitrogens with one attached hydrogen (secondary N) is 1. The lowest BCUT2D eigenvalue weighted by Crippen LogP contribution is -2.33. The zero-order valence-corrected chi connectivity index (χ0v) is 10.8. The lowest BCUT2D eigenvalue weighted by molar-refractivity contribution is 0.0939. The number of nitrogen functional groups attached to an aromatic ring is 1. The SMILES string of the molecule is CC(Cc1ccsc1)NC(=O)c1nnc(N)s1. The van der Waals surface area contributed by atoms with E-state index in [9.17, 15) is 4.79 Å². The van der Waals surface area contributed by atoms with Gasteiger partial charge in [0.25, 0.3) is 5.91 Å². The summed E-state index contributed by atoms with van der Waals surface area (Å²) in [5.74, 6) is -0.220. The minimum atomic E-state index is -0.220. The smallest absolute Gasteiger partial charge is 0.282 e. The maximum absolute atomic E-state index is 11.7. The van der Waals surface area contributed by atoms with Gasteiger partial charge in [0.15, 0.2) is 0 Å². The molecule has 1 atom stereocenters. The molecule has 0 radical (unpaired) electrons. The van der Waals surface area contributed by atoms with Crippen LogP contribution in [0, 0.1) is 0 Å². The monoisotopic (exact) mass is 268 g/mol. The fourth-order valence-electron chi connectivity index (χ4n) is 1.43. The molecule has 0 aromatic carbocycles. The third-order valence-electron chi connectivity index (χ3n) is 2.13. The molecule has 5 nitrogen and oxygen atoms in total. The molecule has 3 N–H and O–H groups in total. The lowest BCUT2D eigenvalue weighted by Gasteiger charge is -2.11. The fourth-order valence-corrected chi connectivity index (χ4v) is 2.62. The molecular weight excluding hydrogens is 256 g/mol. The maximum Gasteiger partial charge on any atom is 0.282 e. The van der Waals surface area contributed by atoms with Gasteiger partial charge in [0.1, 0.15) is 0 Å². The molecule has 0 saturated heterocycles. The second kappa shape index (κ2) is 5.24. The zero-order valence-electron chi connectivity index (χ0n) is 9.21. The van der Waals surface area contributed by atoms with Gasteiger partial charge in [0, 0.05) is 6.04 Å². The largest absolute Gasteiger partial charge is 0.374 e. The Balaban J connectivity index is 1.90. The Morgan fingerprint density at radius 2 is 2.41 bits per heavy atom. The third-order valence-corrected chi connectivity index (χ3v) is 3.62. The molecule has 0 aliphatic rings. The van der Waals surface area contributed by atoms with E-state index < -0.39 is 0 Å². The number of carbonyl (C=O) groups is 1. The topological polar surface area (TPSA) is 80.9 Å². The number of nitrogens with zero attached hydrogens (tertiary/aromatic N) is 2. The van der Waals surface area contributed by atoms with E-state index in [1.165, 1.54) is 5.56 Å². The van der Waals surface area contributed by atoms with E-state index in [4.69, 9.17) is 5.73 Å². The van der Waals surface area contributed by atoms with Gasteiger partial charge in [-0.1, -0.05) is 11.3 Å². The predicted molar refractivity (Wildman–Crippen MR) is 69.3 cm³/mol. The number of hydrogen-bond acceptors (Lipinski definition) is 6. The minimum absolute atomic E-state index is 0.0576. The van der Waals surface area contributed by atoms with Crippen molar-refractivity contribution in [3.8, 4) is 0 Å². The van der Waals surface area contributed by atoms with Crippen LogP contribution >= 0.6 is 22.7 Å². The highest BCUT2D eigenvalue weighted by atomic mass is 32.1. The second-order valence-electron chi connectivity index (χ2n) is 3.66. The number of nitrogens with two attached hydrogens (primary N) is 1. The van der Waals surface area contributed by atoms with E-state index in [0.717, 1.165) is 17.8 Å². The van der Waals surface area contributed by atoms with Crippen LogP contribution < -0.4 is 11.1 Å². The first kappa shape index (κ1) is 12.0. The quantitative estimate of drug-likeness (QED) is 0.881. The van der Waals surface area contributed by atoms with Gasteiger partial charge >= 0.3 is 0 Å². The van der Waals surface area contributed by atoms with Crippen molar-refractivity contribution in [3.63, 3.8) is 0 Å². The Morgan fingerprint density at radius 1 is 1.59 bits per heavy atom. The Morgan fingerprint density at radius 3 is 3.00 bits per heavy atom. The molecule has 17 heavy (non-hydrogen) atoms. The molecule has 0 aliphatic heterocycles. The van der Waals surface area contributed by atoms with Crippen molar-refractivity contribution in [2.45, 2.75) is 19.4 Å². The van der Waals surface area contributed by atoms with E-state index in [2.05, 4.69) is 27.0 Å². The van der Waals surface area contributed by atoms with Crippen molar-refractivity contribution in [1.82, 2.24) is 15.5 Å². The van der Waals surface area contributed by atoms with Crippen LogP contribution in [-0.2, 0) is 6.42 Å². The highest BCUT2D eigenvalue weighted by Crippen LogP contribution is 2.12. The Bertz CT molecular complexity index is 494. The van der Waals surface area contributed by atoms with Crippen molar-refractivity contribution in [3.05, 3.63) is 27.4 Å². The van der Waals surface area contributed by atoms with Gasteiger partial charge in [-0.25, -0.2) is 0 Å². The van der Waals surface area contributed by atoms with E-state index in [1.807, 2.05) is 12.3 Å². The average molecular weight is 268 g/mol. The van der Waals surface area contributed by atoms with E-state index >= 15 is 0 Å². The molecule has 1 unspecified atom stereocenters. The molecule has 90 valence electrons. The highest BCUT2D eigenvalue weighted by molar-refractivity contribution is 7.16. The average Bonchev–Trinajstić information content (AvgIpc) is 2.89. The normalized spacial score (nSPS) is 12.3. The maximum atomic E-state index is 11.7. The van der Waals surface area contributed by atoms with Crippen molar-refractivity contribution >= 4 is 33.7 Å². The second-order valence-corrected chi connectivity index (χ2v) is 5.44. The van der Waals surface area contributed by atoms with Gasteiger partial charge in [-0.05, 0) is 35.7 Å². The number of rotatable bonds is 4. The van der Waals surface area contributed by atoms with Gasteiger partial charge in [0.2, 0.25) is 10.1 Å². The van der Waals surface area contributed by atoms with Crippen LogP contribution in [0.3, 0.4) is 0 Å². The summed E-state index contributed by atoms with van der Waals surface area (Å²) in [7, 11) is 0. The summed E-state index contributed by atoms with van der Waals surface area (Å²) in [6, 6.07) is 2.11. The molecule has 2 rings (SSSR count). The van der Waals surface area contributed by atoms with Crippen molar-refractivity contribution in [2.24, 2.45) is 0 Å². The summed E-state index contributed by atoms with van der Waals surface area (Å²) in [5.41, 5.74) is 6.64. The number of hydrogen-bond donors (Lipinski definition) is 2. The Kier molecular flexibility index (Phi) is 3.70. The van der Waals surface area contributed by atoms with Crippen LogP contribution in [0.2, 0.25) is 0 Å². The molecule has 2 heterocycles. The molecule has 0 bridgehead atoms. The molecule has 7 heteroatoms. The van der Waals surface area contributed by atoms with Crippen LogP contribution in [0.5, 0.6) is 0 Å². The van der Waals surface area contributed by atoms with Crippen molar-refractivity contribution in [2.75, 3.05) is 5.73 Å². The summed E-state index contributed by atoms with van der Waals surface area (Å²) in [6.45, 7) is 1.96. The molecule has 0 saturated carbocycles. The van der Waals surface area contributed by atoms with Crippen molar-refractivity contribution < 1.29 is 4.79 Å². The zero-order chi connectivity index (χ0) is 12.3. The fraction of sp³-hybridized carbons (Fsp3) is 0.300. The molecule has 2 aromatic rings. The molecule has 2 aromatic heterocycles. The van der Waals surface area contributed by atoms with Crippen LogP contribution in [0.4, 0.5) is 5.13 Å². The highest BCUT2D eigenvalue weighted by Gasteiger charge is 2.14. The number of amides is 1. The summed E-state index contributed by atoms with van der Waals surface area (Å²) in [5, 5.41) is 14.9. The lowest BCUT2D eigenvalue weighted by atomic mass is 10.1. The number of anilines is 1. The van der Waals surface area contributed by atoms with E-state index in [0.29, 0.717) is 10.1 Å². The molecular formula is C10H12N4OS2. The summed E-state index contributed by atoms with van der Waals surface area (Å²) in [6.07, 6.45) is 0.809. The molecule has 0 spiro atoms. The van der Waals surface area contributed by atoms with Crippen LogP contribution in [0.1, 0.15) is 22.3 Å². The molecule has 0 aliphatic carbocycles. The van der Waals surface area contributed by atoms with Gasteiger partial charge in [0.05, 0.1) is 0 Å². The molecule has 1 amide bonds. The van der Waals surface area contributed by atoms with Crippen LogP contribution in [0.25, 0.3) is 0 Å². The first-order valence-electron chi connectivity index (χ1n) is 5.06. The van der Waals surface area contributed by atoms with Crippen LogP contribution in [0.15, 0.2) is 16.8 Å². The Hall–Kier alpha value is -1.47. The van der Waals surface area contributed by atoms with Gasteiger partial charge in [-0.15, -0.1) is 10.2 Å². The summed E-state index contributed by atoms with van der Waals surface area (Å²) >= 11 is 2.74. The van der Waals surface area contributed by atoms with Gasteiger partial charge in [-0.3, -0.25) is 4.79 Å². The van der Waals surface area contributed by atoms with Crippen LogP contribution in [-0.4, -0.2) is 22.1 Å². The standard InChI is InChI=1S/C10H12N4OS2/c1-6(4-7-2-3-16-5-7)12-8(15)9-13-14-10(11)17-9/h2-3,5-6H,4H2,1H3,(H2,11,14)(H,12,15). The van der Waals surface area contributed by atoms with E-state index in [-0.39, 0.29) is 11.9 Å². The number of thiophene rings is 1. The molecule has 0 fully saturated rings. The van der Waals surface area contributed by atoms with Gasteiger partial charge in [-0.2, -0.15) is 11.3 Å². The van der Waals surface area contributed by atoms with E-state index in [1.54, 1.807) is 11.3 Å². The predicted octanol–water partition coefficient (Wildman–Crippen LogP) is 1.54. The third kappa shape index (κ3) is 3.24.